The molecule has 110 valence electrons. The fraction of sp³-hybridized carbons (Fsp3) is 0.188. The van der Waals surface area contributed by atoms with Gasteiger partial charge in [-0.25, -0.2) is 8.78 Å². The molecule has 0 aromatic heterocycles. The fourth-order valence-electron chi connectivity index (χ4n) is 2.30. The Morgan fingerprint density at radius 1 is 1.00 bits per heavy atom. The highest BCUT2D eigenvalue weighted by Gasteiger charge is 2.16. The number of amides is 1. The Kier molecular flexibility index (Phi) is 3.93. The summed E-state index contributed by atoms with van der Waals surface area (Å²) in [5, 5.41) is 2.65. The van der Waals surface area contributed by atoms with E-state index in [2.05, 4.69) is 5.32 Å². The average Bonchev–Trinajstić information content (AvgIpc) is 2.37. The number of anilines is 2. The topological polar surface area (TPSA) is 55.1 Å². The molecule has 0 spiro atoms. The van der Waals surface area contributed by atoms with Crippen LogP contribution in [0.2, 0.25) is 0 Å². The second-order valence-corrected chi connectivity index (χ2v) is 5.08. The highest BCUT2D eigenvalue weighted by atomic mass is 19.1. The molecule has 0 unspecified atom stereocenters. The van der Waals surface area contributed by atoms with Crippen LogP contribution in [0.5, 0.6) is 0 Å². The van der Waals surface area contributed by atoms with Gasteiger partial charge in [0.15, 0.2) is 0 Å². The number of nitrogens with two attached hydrogens (primary N) is 1. The molecular formula is C16H16F2N2O. The van der Waals surface area contributed by atoms with E-state index in [9.17, 15) is 13.6 Å². The van der Waals surface area contributed by atoms with E-state index >= 15 is 0 Å². The molecule has 0 radical (unpaired) electrons. The Morgan fingerprint density at radius 3 is 2.14 bits per heavy atom. The highest BCUT2D eigenvalue weighted by molar-refractivity contribution is 6.05. The number of benzene rings is 2. The molecule has 0 fully saturated rings. The van der Waals surface area contributed by atoms with Crippen LogP contribution in [0.25, 0.3) is 0 Å². The van der Waals surface area contributed by atoms with Crippen molar-refractivity contribution < 1.29 is 13.6 Å². The van der Waals surface area contributed by atoms with E-state index in [0.29, 0.717) is 11.8 Å². The Labute approximate surface area is 121 Å². The molecule has 0 bridgehead atoms. The lowest BCUT2D eigenvalue weighted by atomic mass is 10.0. The van der Waals surface area contributed by atoms with Crippen molar-refractivity contribution in [1.29, 1.82) is 0 Å². The van der Waals surface area contributed by atoms with E-state index < -0.39 is 17.5 Å². The predicted octanol–water partition coefficient (Wildman–Crippen LogP) is 3.72. The SMILES string of the molecule is Cc1cc(C)c(NC(=O)c2cc(N)c(F)cc2F)c(C)c1. The normalized spacial score (nSPS) is 10.5. The van der Waals surface area contributed by atoms with E-state index in [1.165, 1.54) is 0 Å². The molecule has 3 nitrogen and oxygen atoms in total. The summed E-state index contributed by atoms with van der Waals surface area (Å²) in [6.45, 7) is 5.65. The first-order chi connectivity index (χ1) is 9.79. The van der Waals surface area contributed by atoms with Crippen LogP contribution < -0.4 is 11.1 Å². The van der Waals surface area contributed by atoms with Crippen molar-refractivity contribution in [2.45, 2.75) is 20.8 Å². The lowest BCUT2D eigenvalue weighted by molar-refractivity contribution is 0.102. The summed E-state index contributed by atoms with van der Waals surface area (Å²) in [4.78, 5) is 12.2. The molecule has 0 heterocycles. The lowest BCUT2D eigenvalue weighted by Crippen LogP contribution is -2.16. The molecule has 2 aromatic carbocycles. The zero-order valence-corrected chi connectivity index (χ0v) is 12.1. The first kappa shape index (κ1) is 15.0. The number of aryl methyl sites for hydroxylation is 3. The molecule has 0 atom stereocenters. The molecule has 0 aliphatic rings. The number of hydrogen-bond donors (Lipinski definition) is 2. The van der Waals surface area contributed by atoms with Crippen LogP contribution in [0.1, 0.15) is 27.0 Å². The minimum Gasteiger partial charge on any atom is -0.396 e. The minimum atomic E-state index is -0.943. The Hall–Kier alpha value is -2.43. The highest BCUT2D eigenvalue weighted by Crippen LogP contribution is 2.24. The van der Waals surface area contributed by atoms with Crippen LogP contribution in [0.3, 0.4) is 0 Å². The summed E-state index contributed by atoms with van der Waals surface area (Å²) in [5.74, 6) is -2.48. The number of carbonyl (C=O) groups excluding carboxylic acids is 1. The molecule has 0 aliphatic heterocycles. The largest absolute Gasteiger partial charge is 0.396 e. The van der Waals surface area contributed by atoms with Gasteiger partial charge in [0.25, 0.3) is 5.91 Å². The number of nitrogen functional groups attached to an aromatic ring is 1. The van der Waals surface area contributed by atoms with Gasteiger partial charge in [-0.15, -0.1) is 0 Å². The maximum absolute atomic E-state index is 13.7. The molecule has 2 rings (SSSR count). The van der Waals surface area contributed by atoms with Crippen LogP contribution in [-0.2, 0) is 0 Å². The monoisotopic (exact) mass is 290 g/mol. The van der Waals surface area contributed by atoms with Gasteiger partial charge in [-0.1, -0.05) is 17.7 Å². The van der Waals surface area contributed by atoms with Gasteiger partial charge in [-0.3, -0.25) is 4.79 Å². The molecular weight excluding hydrogens is 274 g/mol. The zero-order chi connectivity index (χ0) is 15.7. The Morgan fingerprint density at radius 2 is 1.57 bits per heavy atom. The second-order valence-electron chi connectivity index (χ2n) is 5.08. The van der Waals surface area contributed by atoms with E-state index in [0.717, 1.165) is 22.8 Å². The van der Waals surface area contributed by atoms with E-state index in [-0.39, 0.29) is 11.3 Å². The first-order valence-electron chi connectivity index (χ1n) is 6.43. The van der Waals surface area contributed by atoms with E-state index in [1.807, 2.05) is 32.9 Å². The molecule has 3 N–H and O–H groups in total. The molecule has 21 heavy (non-hydrogen) atoms. The predicted molar refractivity (Wildman–Crippen MR) is 79.4 cm³/mol. The number of nitrogens with one attached hydrogen (secondary N) is 1. The fourth-order valence-corrected chi connectivity index (χ4v) is 2.30. The maximum Gasteiger partial charge on any atom is 0.258 e. The van der Waals surface area contributed by atoms with E-state index in [4.69, 9.17) is 5.73 Å². The van der Waals surface area contributed by atoms with Gasteiger partial charge in [-0.05, 0) is 38.0 Å². The minimum absolute atomic E-state index is 0.265. The number of hydrogen-bond acceptors (Lipinski definition) is 2. The van der Waals surface area contributed by atoms with Crippen molar-refractivity contribution in [1.82, 2.24) is 0 Å². The quantitative estimate of drug-likeness (QED) is 0.828. The Bertz CT molecular complexity index is 703. The smallest absolute Gasteiger partial charge is 0.258 e. The summed E-state index contributed by atoms with van der Waals surface area (Å²) >= 11 is 0. The molecule has 1 amide bonds. The number of halogens is 2. The maximum atomic E-state index is 13.7. The lowest BCUT2D eigenvalue weighted by Gasteiger charge is -2.13. The molecule has 2 aromatic rings. The summed E-state index contributed by atoms with van der Waals surface area (Å²) in [7, 11) is 0. The van der Waals surface area contributed by atoms with Crippen LogP contribution in [0, 0.1) is 32.4 Å². The first-order valence-corrected chi connectivity index (χ1v) is 6.43. The Balaban J connectivity index is 2.37. The third kappa shape index (κ3) is 3.02. The van der Waals surface area contributed by atoms with Gasteiger partial charge in [0.1, 0.15) is 11.6 Å². The van der Waals surface area contributed by atoms with Gasteiger partial charge < -0.3 is 11.1 Å². The van der Waals surface area contributed by atoms with Gasteiger partial charge >= 0.3 is 0 Å². The number of rotatable bonds is 2. The zero-order valence-electron chi connectivity index (χ0n) is 12.1. The second kappa shape index (κ2) is 5.52. The van der Waals surface area contributed by atoms with Crippen LogP contribution >= 0.6 is 0 Å². The third-order valence-corrected chi connectivity index (χ3v) is 3.25. The van der Waals surface area contributed by atoms with Gasteiger partial charge in [0.05, 0.1) is 11.3 Å². The van der Waals surface area contributed by atoms with Crippen molar-refractivity contribution in [2.24, 2.45) is 0 Å². The van der Waals surface area contributed by atoms with Crippen molar-refractivity contribution in [3.63, 3.8) is 0 Å². The van der Waals surface area contributed by atoms with Crippen LogP contribution in [-0.4, -0.2) is 5.91 Å². The van der Waals surface area contributed by atoms with E-state index in [1.54, 1.807) is 0 Å². The van der Waals surface area contributed by atoms with Crippen LogP contribution in [0.15, 0.2) is 24.3 Å². The molecule has 5 heteroatoms. The average molecular weight is 290 g/mol. The van der Waals surface area contributed by atoms with Crippen molar-refractivity contribution in [3.8, 4) is 0 Å². The summed E-state index contributed by atoms with van der Waals surface area (Å²) in [6.07, 6.45) is 0. The molecule has 0 aliphatic carbocycles. The van der Waals surface area contributed by atoms with Crippen molar-refractivity contribution in [3.05, 3.63) is 58.2 Å². The summed E-state index contributed by atoms with van der Waals surface area (Å²) < 4.78 is 26.8. The van der Waals surface area contributed by atoms with Crippen molar-refractivity contribution in [2.75, 3.05) is 11.1 Å². The van der Waals surface area contributed by atoms with Gasteiger partial charge in [-0.2, -0.15) is 0 Å². The number of carbonyl (C=O) groups is 1. The molecule has 0 saturated heterocycles. The van der Waals surface area contributed by atoms with Gasteiger partial charge in [0.2, 0.25) is 0 Å². The van der Waals surface area contributed by atoms with Crippen LogP contribution in [0.4, 0.5) is 20.2 Å². The summed E-state index contributed by atoms with van der Waals surface area (Å²) in [6, 6.07) is 5.44. The van der Waals surface area contributed by atoms with Gasteiger partial charge in [0, 0.05) is 11.8 Å². The molecule has 0 saturated carbocycles. The van der Waals surface area contributed by atoms with Crippen molar-refractivity contribution >= 4 is 17.3 Å². The standard InChI is InChI=1S/C16H16F2N2O/c1-8-4-9(2)15(10(3)5-8)20-16(21)11-6-14(19)13(18)7-12(11)17/h4-7H,19H2,1-3H3,(H,20,21). The third-order valence-electron chi connectivity index (χ3n) is 3.25. The summed E-state index contributed by atoms with van der Waals surface area (Å²) in [5.41, 5.74) is 8.26.